The van der Waals surface area contributed by atoms with E-state index in [0.717, 1.165) is 28.3 Å². The van der Waals surface area contributed by atoms with Crippen molar-refractivity contribution in [3.63, 3.8) is 0 Å². The number of hydrogen-bond acceptors (Lipinski definition) is 4. The number of amides is 1. The Morgan fingerprint density at radius 2 is 2.00 bits per heavy atom. The third-order valence-corrected chi connectivity index (χ3v) is 5.45. The van der Waals surface area contributed by atoms with Crippen LogP contribution in [0.3, 0.4) is 0 Å². The molecule has 27 heavy (non-hydrogen) atoms. The second kappa shape index (κ2) is 8.50. The second-order valence-corrected chi connectivity index (χ2v) is 7.94. The lowest BCUT2D eigenvalue weighted by atomic mass is 10.1. The van der Waals surface area contributed by atoms with Crippen molar-refractivity contribution in [3.05, 3.63) is 53.6 Å². The van der Waals surface area contributed by atoms with Gasteiger partial charge in [0.15, 0.2) is 5.13 Å². The maximum absolute atomic E-state index is 13.4. The molecule has 0 aliphatic rings. The lowest BCUT2D eigenvalue weighted by Crippen LogP contribution is -3.05. The average molecular weight is 385 g/mol. The van der Waals surface area contributed by atoms with Gasteiger partial charge < -0.3 is 9.64 Å². The fourth-order valence-electron chi connectivity index (χ4n) is 2.98. The van der Waals surface area contributed by atoms with Crippen molar-refractivity contribution < 1.29 is 14.4 Å². The monoisotopic (exact) mass is 384 g/mol. The summed E-state index contributed by atoms with van der Waals surface area (Å²) in [7, 11) is 5.83. The van der Waals surface area contributed by atoms with E-state index in [1.54, 1.807) is 23.3 Å². The minimum Gasteiger partial charge on any atom is -0.496 e. The first-order valence-electron chi connectivity index (χ1n) is 9.10. The number of hydrogen-bond donors (Lipinski definition) is 1. The van der Waals surface area contributed by atoms with Gasteiger partial charge in [-0.15, -0.1) is 0 Å². The first-order valence-corrected chi connectivity index (χ1v) is 9.92. The van der Waals surface area contributed by atoms with Crippen LogP contribution < -0.4 is 14.5 Å². The number of aromatic nitrogens is 1. The van der Waals surface area contributed by atoms with Gasteiger partial charge in [0.2, 0.25) is 0 Å². The summed E-state index contributed by atoms with van der Waals surface area (Å²) in [5.74, 6) is 0.514. The molecule has 142 valence electrons. The summed E-state index contributed by atoms with van der Waals surface area (Å²) < 4.78 is 6.50. The zero-order valence-corrected chi connectivity index (χ0v) is 17.1. The molecule has 0 fully saturated rings. The van der Waals surface area contributed by atoms with Crippen molar-refractivity contribution in [2.75, 3.05) is 39.2 Å². The predicted octanol–water partition coefficient (Wildman–Crippen LogP) is 2.79. The van der Waals surface area contributed by atoms with Gasteiger partial charge in [0, 0.05) is 13.0 Å². The molecule has 0 atom stereocenters. The van der Waals surface area contributed by atoms with Gasteiger partial charge >= 0.3 is 0 Å². The van der Waals surface area contributed by atoms with Crippen LogP contribution in [-0.4, -0.2) is 45.2 Å². The Hall–Kier alpha value is -2.44. The SMILES string of the molecule is COc1ccccc1C(=O)N(CCC[NH+](C)C)c1nc2ccc(C)cc2s1. The smallest absolute Gasteiger partial charge is 0.263 e. The number of nitrogens with zero attached hydrogens (tertiary/aromatic N) is 2. The molecule has 2 aromatic carbocycles. The van der Waals surface area contributed by atoms with Crippen LogP contribution in [0.1, 0.15) is 22.3 Å². The molecule has 3 aromatic rings. The molecule has 0 saturated carbocycles. The molecule has 5 nitrogen and oxygen atoms in total. The highest BCUT2D eigenvalue weighted by Gasteiger charge is 2.23. The van der Waals surface area contributed by atoms with E-state index in [1.807, 2.05) is 36.4 Å². The average Bonchev–Trinajstić information content (AvgIpc) is 3.07. The van der Waals surface area contributed by atoms with Crippen LogP contribution in [0.25, 0.3) is 10.2 Å². The largest absolute Gasteiger partial charge is 0.496 e. The van der Waals surface area contributed by atoms with Gasteiger partial charge in [0.25, 0.3) is 5.91 Å². The van der Waals surface area contributed by atoms with E-state index < -0.39 is 0 Å². The molecular weight excluding hydrogens is 358 g/mol. The van der Waals surface area contributed by atoms with Crippen LogP contribution in [-0.2, 0) is 0 Å². The number of anilines is 1. The molecule has 1 aromatic heterocycles. The molecule has 1 heterocycles. The minimum absolute atomic E-state index is 0.0722. The molecule has 0 aliphatic heterocycles. The molecule has 1 N–H and O–H groups in total. The molecule has 0 unspecified atom stereocenters. The summed E-state index contributed by atoms with van der Waals surface area (Å²) in [4.78, 5) is 21.2. The molecule has 6 heteroatoms. The number of benzene rings is 2. The van der Waals surface area contributed by atoms with Crippen LogP contribution in [0.5, 0.6) is 5.75 Å². The van der Waals surface area contributed by atoms with Crippen molar-refractivity contribution in [1.29, 1.82) is 0 Å². The summed E-state index contributed by atoms with van der Waals surface area (Å²) in [6, 6.07) is 13.5. The van der Waals surface area contributed by atoms with Crippen LogP contribution >= 0.6 is 11.3 Å². The van der Waals surface area contributed by atoms with Crippen LogP contribution in [0.2, 0.25) is 0 Å². The van der Waals surface area contributed by atoms with Crippen molar-refractivity contribution in [1.82, 2.24) is 4.98 Å². The maximum Gasteiger partial charge on any atom is 0.263 e. The number of aryl methyl sites for hydroxylation is 1. The summed E-state index contributed by atoms with van der Waals surface area (Å²) in [6.45, 7) is 3.68. The van der Waals surface area contributed by atoms with Crippen molar-refractivity contribution in [2.45, 2.75) is 13.3 Å². The van der Waals surface area contributed by atoms with Crippen molar-refractivity contribution in [2.24, 2.45) is 0 Å². The number of fused-ring (bicyclic) bond motifs is 1. The molecule has 0 aliphatic carbocycles. The second-order valence-electron chi connectivity index (χ2n) is 6.94. The topological polar surface area (TPSA) is 46.9 Å². The Kier molecular flexibility index (Phi) is 6.08. The lowest BCUT2D eigenvalue weighted by molar-refractivity contribution is -0.858. The number of carbonyl (C=O) groups excluding carboxylic acids is 1. The van der Waals surface area contributed by atoms with Crippen LogP contribution in [0, 0.1) is 6.92 Å². The lowest BCUT2D eigenvalue weighted by Gasteiger charge is -2.21. The first kappa shape index (κ1) is 19.3. The third kappa shape index (κ3) is 4.46. The number of methoxy groups -OCH3 is 1. The third-order valence-electron chi connectivity index (χ3n) is 4.40. The fraction of sp³-hybridized carbons (Fsp3) is 0.333. The highest BCUT2D eigenvalue weighted by Crippen LogP contribution is 2.31. The van der Waals surface area contributed by atoms with Crippen molar-refractivity contribution in [3.8, 4) is 5.75 Å². The van der Waals surface area contributed by atoms with E-state index >= 15 is 0 Å². The minimum atomic E-state index is -0.0722. The van der Waals surface area contributed by atoms with E-state index in [-0.39, 0.29) is 5.91 Å². The van der Waals surface area contributed by atoms with E-state index in [9.17, 15) is 4.79 Å². The zero-order chi connectivity index (χ0) is 19.4. The number of para-hydroxylation sites is 1. The van der Waals surface area contributed by atoms with Gasteiger partial charge in [-0.2, -0.15) is 0 Å². The Morgan fingerprint density at radius 1 is 1.22 bits per heavy atom. The fourth-order valence-corrected chi connectivity index (χ4v) is 4.06. The van der Waals surface area contributed by atoms with E-state index in [0.29, 0.717) is 17.9 Å². The number of quaternary nitrogens is 1. The van der Waals surface area contributed by atoms with Crippen LogP contribution in [0.15, 0.2) is 42.5 Å². The van der Waals surface area contributed by atoms with E-state index in [4.69, 9.17) is 9.72 Å². The van der Waals surface area contributed by atoms with Crippen molar-refractivity contribution >= 4 is 32.6 Å². The van der Waals surface area contributed by atoms with E-state index in [2.05, 4.69) is 27.1 Å². The normalized spacial score (nSPS) is 11.1. The number of nitrogens with one attached hydrogen (secondary N) is 1. The van der Waals surface area contributed by atoms with Gasteiger partial charge in [-0.25, -0.2) is 4.98 Å². The quantitative estimate of drug-likeness (QED) is 0.681. The molecule has 1 amide bonds. The Balaban J connectivity index is 1.97. The van der Waals surface area contributed by atoms with Gasteiger partial charge in [0.05, 0.1) is 43.5 Å². The number of rotatable bonds is 7. The molecule has 0 spiro atoms. The molecule has 0 saturated heterocycles. The van der Waals surface area contributed by atoms with Gasteiger partial charge in [0.1, 0.15) is 5.75 Å². The Labute approximate surface area is 164 Å². The Bertz CT molecular complexity index is 936. The van der Waals surface area contributed by atoms with E-state index in [1.165, 1.54) is 10.5 Å². The van der Waals surface area contributed by atoms with Gasteiger partial charge in [-0.05, 0) is 36.8 Å². The molecule has 0 bridgehead atoms. The zero-order valence-electron chi connectivity index (χ0n) is 16.3. The maximum atomic E-state index is 13.4. The highest BCUT2D eigenvalue weighted by atomic mass is 32.1. The predicted molar refractivity (Wildman–Crippen MR) is 111 cm³/mol. The van der Waals surface area contributed by atoms with Gasteiger partial charge in [-0.3, -0.25) is 9.69 Å². The van der Waals surface area contributed by atoms with Gasteiger partial charge in [-0.1, -0.05) is 29.5 Å². The Morgan fingerprint density at radius 3 is 2.74 bits per heavy atom. The summed E-state index contributed by atoms with van der Waals surface area (Å²) in [5, 5.41) is 0.736. The van der Waals surface area contributed by atoms with Crippen LogP contribution in [0.4, 0.5) is 5.13 Å². The number of carbonyl (C=O) groups is 1. The number of thiazole rings is 1. The molecular formula is C21H26N3O2S+. The first-order chi connectivity index (χ1) is 13.0. The summed E-state index contributed by atoms with van der Waals surface area (Å²) in [6.07, 6.45) is 0.901. The molecule has 0 radical (unpaired) electrons. The number of ether oxygens (including phenoxy) is 1. The highest BCUT2D eigenvalue weighted by molar-refractivity contribution is 7.22. The summed E-state index contributed by atoms with van der Waals surface area (Å²) in [5.41, 5.74) is 2.68. The molecule has 3 rings (SSSR count). The standard InChI is InChI=1S/C21H25N3O2S/c1-15-10-11-17-19(14-15)27-21(22-17)24(13-7-12-23(2)3)20(25)16-8-5-6-9-18(16)26-4/h5-6,8-11,14H,7,12-13H2,1-4H3/p+1. The summed E-state index contributed by atoms with van der Waals surface area (Å²) >= 11 is 1.56.